The molecule has 0 bridgehead atoms. The van der Waals surface area contributed by atoms with Gasteiger partial charge in [-0.2, -0.15) is 0 Å². The maximum absolute atomic E-state index is 12.7. The van der Waals surface area contributed by atoms with Crippen LogP contribution in [0.4, 0.5) is 0 Å². The lowest BCUT2D eigenvalue weighted by atomic mass is 9.91. The van der Waals surface area contributed by atoms with Crippen LogP contribution >= 0.6 is 0 Å². The van der Waals surface area contributed by atoms with Crippen molar-refractivity contribution < 1.29 is 0 Å². The van der Waals surface area contributed by atoms with Crippen LogP contribution in [0.3, 0.4) is 0 Å². The average molecular weight is 672 g/mol. The Morgan fingerprint density at radius 1 is 0.365 bits per heavy atom. The van der Waals surface area contributed by atoms with Gasteiger partial charge in [-0.25, -0.2) is 19.7 Å². The molecule has 0 spiro atoms. The van der Waals surface area contributed by atoms with Crippen molar-refractivity contribution in [3.05, 3.63) is 174 Å². The molecule has 9 aromatic rings. The van der Waals surface area contributed by atoms with E-state index in [1.165, 1.54) is 16.3 Å². The maximum Gasteiger partial charge on any atom is 0.328 e. The second kappa shape index (κ2) is 12.8. The van der Waals surface area contributed by atoms with Crippen molar-refractivity contribution in [1.29, 1.82) is 0 Å². The van der Waals surface area contributed by atoms with E-state index in [-0.39, 0.29) is 5.69 Å². The van der Waals surface area contributed by atoms with E-state index < -0.39 is 0 Å². The smallest absolute Gasteiger partial charge is 0.295 e. The van der Waals surface area contributed by atoms with Gasteiger partial charge in [-0.15, -0.1) is 0 Å². The number of fused-ring (bicyclic) bond motifs is 2. The zero-order chi connectivity index (χ0) is 35.2. The summed E-state index contributed by atoms with van der Waals surface area (Å²) in [6.07, 6.45) is 0. The van der Waals surface area contributed by atoms with Gasteiger partial charge in [0.1, 0.15) is 0 Å². The Bertz CT molecular complexity index is 2740. The molecule has 9 rings (SSSR count). The predicted octanol–water partition coefficient (Wildman–Crippen LogP) is 10.2. The topological polar surface area (TPSA) is 65.6 Å². The zero-order valence-corrected chi connectivity index (χ0v) is 28.7. The Hall–Kier alpha value is -6.92. The maximum atomic E-state index is 12.7. The third-order valence-corrected chi connectivity index (χ3v) is 9.87. The van der Waals surface area contributed by atoms with Crippen molar-refractivity contribution in [3.63, 3.8) is 0 Å². The van der Waals surface area contributed by atoms with Gasteiger partial charge in [0.25, 0.3) is 0 Å². The van der Waals surface area contributed by atoms with Gasteiger partial charge in [-0.05, 0) is 44.7 Å². The highest BCUT2D eigenvalue weighted by molar-refractivity contribution is 6.05. The van der Waals surface area contributed by atoms with Crippen molar-refractivity contribution in [2.75, 3.05) is 0 Å². The second-order valence-corrected chi connectivity index (χ2v) is 13.0. The Balaban J connectivity index is 1.07. The molecule has 0 aliphatic carbocycles. The summed E-state index contributed by atoms with van der Waals surface area (Å²) in [6, 6.07) is 56.3. The lowest BCUT2D eigenvalue weighted by molar-refractivity contribution is 0.795. The van der Waals surface area contributed by atoms with Crippen LogP contribution in [0.25, 0.3) is 89.4 Å². The van der Waals surface area contributed by atoms with Crippen molar-refractivity contribution in [2.45, 2.75) is 0 Å². The molecule has 0 amide bonds. The highest BCUT2D eigenvalue weighted by Gasteiger charge is 2.16. The largest absolute Gasteiger partial charge is 0.328 e. The van der Waals surface area contributed by atoms with E-state index in [0.717, 1.165) is 55.5 Å². The Morgan fingerprint density at radius 2 is 0.769 bits per heavy atom. The summed E-state index contributed by atoms with van der Waals surface area (Å²) in [6.45, 7) is 0. The van der Waals surface area contributed by atoms with Crippen LogP contribution in [0.15, 0.2) is 169 Å². The molecule has 0 fully saturated rings. The van der Waals surface area contributed by atoms with Gasteiger partial charge < -0.3 is 0 Å². The molecule has 6 heteroatoms. The van der Waals surface area contributed by atoms with E-state index in [4.69, 9.17) is 15.0 Å². The van der Waals surface area contributed by atoms with Crippen LogP contribution in [0.5, 0.6) is 0 Å². The standard InChI is InChI=1S/C46H33N5O/c1-50-41-19-11-18-38(42(41)51(2)46(50)52)32-22-20-30(21-23-32)36-28-29-37(40-17-10-9-16-39(36)40)31-24-26-35(27-25-31)45-48-43(33-12-5-3-6-13-33)47-44(49-45)34-14-7-4-8-15-34/h3-29H,1-2H3. The fraction of sp³-hybridized carbons (Fsp3) is 0.0435. The molecule has 7 aromatic carbocycles. The molecule has 0 saturated heterocycles. The number of aromatic nitrogens is 5. The number of aryl methyl sites for hydroxylation is 2. The number of hydrogen-bond acceptors (Lipinski definition) is 4. The minimum Gasteiger partial charge on any atom is -0.295 e. The normalized spacial score (nSPS) is 11.3. The fourth-order valence-corrected chi connectivity index (χ4v) is 7.18. The first kappa shape index (κ1) is 31.1. The first-order chi connectivity index (χ1) is 25.5. The van der Waals surface area contributed by atoms with Gasteiger partial charge in [-0.1, -0.05) is 158 Å². The molecule has 0 aliphatic heterocycles. The summed E-state index contributed by atoms with van der Waals surface area (Å²) in [7, 11) is 3.65. The number of imidazole rings is 1. The SMILES string of the molecule is Cn1c(=O)n(C)c2c(-c3ccc(-c4ccc(-c5ccc(-c6nc(-c7ccccc7)nc(-c7ccccc7)n6)cc5)c5ccccc45)cc3)cccc21. The van der Waals surface area contributed by atoms with Crippen molar-refractivity contribution in [3.8, 4) is 67.5 Å². The van der Waals surface area contributed by atoms with Gasteiger partial charge >= 0.3 is 5.69 Å². The van der Waals surface area contributed by atoms with Crippen LogP contribution < -0.4 is 5.69 Å². The molecular formula is C46H33N5O. The van der Waals surface area contributed by atoms with Gasteiger partial charge in [0, 0.05) is 36.3 Å². The van der Waals surface area contributed by atoms with Crippen molar-refractivity contribution in [1.82, 2.24) is 24.1 Å². The molecular weight excluding hydrogens is 639 g/mol. The quantitative estimate of drug-likeness (QED) is 0.177. The number of benzene rings is 7. The highest BCUT2D eigenvalue weighted by Crippen LogP contribution is 2.37. The second-order valence-electron chi connectivity index (χ2n) is 13.0. The third-order valence-electron chi connectivity index (χ3n) is 9.87. The fourth-order valence-electron chi connectivity index (χ4n) is 7.18. The molecule has 248 valence electrons. The number of hydrogen-bond donors (Lipinski definition) is 0. The molecule has 0 aliphatic rings. The lowest BCUT2D eigenvalue weighted by Gasteiger charge is -2.13. The summed E-state index contributed by atoms with van der Waals surface area (Å²) in [5.74, 6) is 1.92. The van der Waals surface area contributed by atoms with Gasteiger partial charge in [0.2, 0.25) is 0 Å². The molecule has 0 atom stereocenters. The summed E-state index contributed by atoms with van der Waals surface area (Å²) < 4.78 is 3.43. The minimum atomic E-state index is -0.0274. The van der Waals surface area contributed by atoms with Crippen LogP contribution in [-0.4, -0.2) is 24.1 Å². The summed E-state index contributed by atoms with van der Waals surface area (Å²) in [5.41, 5.74) is 11.3. The van der Waals surface area contributed by atoms with Crippen LogP contribution in [0.2, 0.25) is 0 Å². The Morgan fingerprint density at radius 3 is 1.25 bits per heavy atom. The van der Waals surface area contributed by atoms with Crippen LogP contribution in [-0.2, 0) is 14.1 Å². The van der Waals surface area contributed by atoms with Crippen LogP contribution in [0, 0.1) is 0 Å². The molecule has 2 aromatic heterocycles. The Labute approximate surface area is 301 Å². The highest BCUT2D eigenvalue weighted by atomic mass is 16.1. The first-order valence-corrected chi connectivity index (χ1v) is 17.3. The molecule has 0 saturated carbocycles. The average Bonchev–Trinajstić information content (AvgIpc) is 3.44. The summed E-state index contributed by atoms with van der Waals surface area (Å²) >= 11 is 0. The molecule has 52 heavy (non-hydrogen) atoms. The van der Waals surface area contributed by atoms with E-state index in [1.807, 2.05) is 86.9 Å². The number of rotatable bonds is 6. The van der Waals surface area contributed by atoms with Gasteiger partial charge in [0.05, 0.1) is 11.0 Å². The zero-order valence-electron chi connectivity index (χ0n) is 28.7. The molecule has 6 nitrogen and oxygen atoms in total. The molecule has 0 N–H and O–H groups in total. The molecule has 2 heterocycles. The van der Waals surface area contributed by atoms with Gasteiger partial charge in [-0.3, -0.25) is 9.13 Å². The number of para-hydroxylation sites is 1. The van der Waals surface area contributed by atoms with Crippen molar-refractivity contribution in [2.24, 2.45) is 14.1 Å². The van der Waals surface area contributed by atoms with E-state index in [2.05, 4.69) is 91.0 Å². The van der Waals surface area contributed by atoms with E-state index in [1.54, 1.807) is 9.13 Å². The van der Waals surface area contributed by atoms with Crippen LogP contribution in [0.1, 0.15) is 0 Å². The van der Waals surface area contributed by atoms with E-state index in [0.29, 0.717) is 17.5 Å². The van der Waals surface area contributed by atoms with Gasteiger partial charge in [0.15, 0.2) is 17.5 Å². The minimum absolute atomic E-state index is 0.0274. The van der Waals surface area contributed by atoms with E-state index in [9.17, 15) is 4.79 Å². The third kappa shape index (κ3) is 5.38. The summed E-state index contributed by atoms with van der Waals surface area (Å²) in [4.78, 5) is 27.3. The lowest BCUT2D eigenvalue weighted by Crippen LogP contribution is -2.19. The predicted molar refractivity (Wildman–Crippen MR) is 212 cm³/mol. The first-order valence-electron chi connectivity index (χ1n) is 17.3. The Kier molecular flexibility index (Phi) is 7.63. The molecule has 0 radical (unpaired) electrons. The van der Waals surface area contributed by atoms with E-state index >= 15 is 0 Å². The molecule has 0 unspecified atom stereocenters. The van der Waals surface area contributed by atoms with Crippen molar-refractivity contribution >= 4 is 21.8 Å². The monoisotopic (exact) mass is 671 g/mol. The summed E-state index contributed by atoms with van der Waals surface area (Å²) in [5, 5.41) is 2.36. The number of nitrogens with zero attached hydrogens (tertiary/aromatic N) is 5.